The lowest BCUT2D eigenvalue weighted by Crippen LogP contribution is -2.47. The lowest BCUT2D eigenvalue weighted by Gasteiger charge is -2.36. The summed E-state index contributed by atoms with van der Waals surface area (Å²) in [4.78, 5) is 35.1. The van der Waals surface area contributed by atoms with Crippen molar-refractivity contribution in [2.45, 2.75) is 64.8 Å². The number of rotatable bonds is 8. The Labute approximate surface area is 261 Å². The number of anilines is 1. The van der Waals surface area contributed by atoms with E-state index in [1.165, 1.54) is 5.56 Å². The number of fused-ring (bicyclic) bond motifs is 1. The van der Waals surface area contributed by atoms with Gasteiger partial charge in [-0.1, -0.05) is 37.3 Å². The number of aromatic nitrogens is 1. The lowest BCUT2D eigenvalue weighted by molar-refractivity contribution is -0.0177. The Morgan fingerprint density at radius 1 is 1.11 bits per heavy atom. The second-order valence-corrected chi connectivity index (χ2v) is 11.9. The first-order valence-electron chi connectivity index (χ1n) is 15.5. The summed E-state index contributed by atoms with van der Waals surface area (Å²) in [5.41, 5.74) is 2.51. The zero-order chi connectivity index (χ0) is 31.5. The lowest BCUT2D eigenvalue weighted by atomic mass is 10.0. The Morgan fingerprint density at radius 2 is 1.86 bits per heavy atom. The molecule has 9 heteroatoms. The predicted molar refractivity (Wildman–Crippen MR) is 172 cm³/mol. The number of aliphatic hydroxyl groups is 1. The smallest absolute Gasteiger partial charge is 0.258 e. The SMILES string of the molecule is C[C@@H]1CCCCO[C@H](CN(C)Cc2ccccc2)[C@@H](C)CN([C@@H](C)CO)C(=O)c2cc(NC(=O)c3ccncc3)ccc2O1. The summed E-state index contributed by atoms with van der Waals surface area (Å²) in [6, 6.07) is 18.3. The first kappa shape index (κ1) is 33.1. The van der Waals surface area contributed by atoms with E-state index in [1.54, 1.807) is 47.6 Å². The highest BCUT2D eigenvalue weighted by molar-refractivity contribution is 6.05. The van der Waals surface area contributed by atoms with Gasteiger partial charge in [0.05, 0.1) is 30.4 Å². The van der Waals surface area contributed by atoms with Crippen LogP contribution in [0.15, 0.2) is 73.1 Å². The molecule has 2 aromatic carbocycles. The van der Waals surface area contributed by atoms with Crippen LogP contribution in [0.2, 0.25) is 0 Å². The highest BCUT2D eigenvalue weighted by Gasteiger charge is 2.30. The molecule has 0 saturated heterocycles. The third-order valence-corrected chi connectivity index (χ3v) is 8.04. The van der Waals surface area contributed by atoms with Crippen LogP contribution >= 0.6 is 0 Å². The van der Waals surface area contributed by atoms with Crippen molar-refractivity contribution < 1.29 is 24.2 Å². The van der Waals surface area contributed by atoms with Crippen molar-refractivity contribution in [3.63, 3.8) is 0 Å². The van der Waals surface area contributed by atoms with Crippen molar-refractivity contribution in [1.29, 1.82) is 0 Å². The van der Waals surface area contributed by atoms with Crippen molar-refractivity contribution in [2.75, 3.05) is 38.7 Å². The zero-order valence-corrected chi connectivity index (χ0v) is 26.3. The molecule has 0 radical (unpaired) electrons. The number of ether oxygens (including phenoxy) is 2. The Hall–Kier alpha value is -3.79. The average Bonchev–Trinajstić information content (AvgIpc) is 3.03. The van der Waals surface area contributed by atoms with Crippen LogP contribution < -0.4 is 10.1 Å². The fourth-order valence-corrected chi connectivity index (χ4v) is 5.44. The quantitative estimate of drug-likeness (QED) is 0.363. The molecule has 1 aliphatic heterocycles. The van der Waals surface area contributed by atoms with Crippen molar-refractivity contribution in [3.05, 3.63) is 89.7 Å². The van der Waals surface area contributed by atoms with Crippen molar-refractivity contribution >= 4 is 17.5 Å². The molecule has 1 aliphatic rings. The Kier molecular flexibility index (Phi) is 12.3. The molecule has 9 nitrogen and oxygen atoms in total. The van der Waals surface area contributed by atoms with Gasteiger partial charge in [0.1, 0.15) is 5.75 Å². The van der Waals surface area contributed by atoms with Gasteiger partial charge in [-0.25, -0.2) is 0 Å². The molecule has 4 rings (SSSR count). The maximum Gasteiger partial charge on any atom is 0.258 e. The van der Waals surface area contributed by atoms with Crippen molar-refractivity contribution in [1.82, 2.24) is 14.8 Å². The van der Waals surface area contributed by atoms with Crippen molar-refractivity contribution in [3.8, 4) is 5.75 Å². The van der Waals surface area contributed by atoms with E-state index >= 15 is 0 Å². The van der Waals surface area contributed by atoms with Gasteiger partial charge in [-0.15, -0.1) is 0 Å². The van der Waals surface area contributed by atoms with Crippen LogP contribution in [0, 0.1) is 5.92 Å². The van der Waals surface area contributed by atoms with Crippen LogP contribution in [0.25, 0.3) is 0 Å². The number of nitrogens with one attached hydrogen (secondary N) is 1. The molecule has 0 bridgehead atoms. The molecule has 0 aliphatic carbocycles. The highest BCUT2D eigenvalue weighted by atomic mass is 16.5. The molecule has 0 spiro atoms. The third-order valence-electron chi connectivity index (χ3n) is 8.04. The number of likely N-dealkylation sites (N-methyl/N-ethyl adjacent to an activating group) is 1. The van der Waals surface area contributed by atoms with Gasteiger partial charge in [0.15, 0.2) is 0 Å². The molecule has 2 heterocycles. The second kappa shape index (κ2) is 16.3. The predicted octanol–water partition coefficient (Wildman–Crippen LogP) is 5.26. The number of amides is 2. The number of benzene rings is 2. The minimum absolute atomic E-state index is 0.0213. The van der Waals surface area contributed by atoms with Gasteiger partial charge in [0.2, 0.25) is 0 Å². The molecular formula is C35H46N4O5. The van der Waals surface area contributed by atoms with Crippen molar-refractivity contribution in [2.24, 2.45) is 5.92 Å². The molecule has 1 aromatic heterocycles. The average molecular weight is 603 g/mol. The molecule has 236 valence electrons. The van der Waals surface area contributed by atoms with Crippen LogP contribution in [0.5, 0.6) is 5.75 Å². The number of pyridine rings is 1. The molecule has 2 N–H and O–H groups in total. The molecular weight excluding hydrogens is 556 g/mol. The Balaban J connectivity index is 1.61. The fraction of sp³-hybridized carbons (Fsp3) is 0.457. The van der Waals surface area contributed by atoms with Gasteiger partial charge in [-0.2, -0.15) is 0 Å². The maximum absolute atomic E-state index is 14.3. The number of hydrogen-bond donors (Lipinski definition) is 2. The zero-order valence-electron chi connectivity index (χ0n) is 26.3. The van der Waals surface area contributed by atoms with E-state index < -0.39 is 6.04 Å². The summed E-state index contributed by atoms with van der Waals surface area (Å²) in [5.74, 6) is -0.135. The largest absolute Gasteiger partial charge is 0.490 e. The van der Waals surface area contributed by atoms with Gasteiger partial charge in [-0.3, -0.25) is 19.5 Å². The van der Waals surface area contributed by atoms with E-state index in [0.29, 0.717) is 42.3 Å². The van der Waals surface area contributed by atoms with E-state index in [4.69, 9.17) is 9.47 Å². The number of carbonyl (C=O) groups excluding carboxylic acids is 2. The third kappa shape index (κ3) is 9.35. The number of aliphatic hydroxyl groups excluding tert-OH is 1. The Bertz CT molecular complexity index is 1340. The van der Waals surface area contributed by atoms with Crippen LogP contribution in [0.1, 0.15) is 66.3 Å². The van der Waals surface area contributed by atoms with E-state index in [-0.39, 0.29) is 36.5 Å². The molecule has 3 aromatic rings. The first-order valence-corrected chi connectivity index (χ1v) is 15.5. The van der Waals surface area contributed by atoms with Gasteiger partial charge in [0.25, 0.3) is 11.8 Å². The molecule has 0 fully saturated rings. The molecule has 2 amide bonds. The number of nitrogens with zero attached hydrogens (tertiary/aromatic N) is 3. The summed E-state index contributed by atoms with van der Waals surface area (Å²) < 4.78 is 12.8. The fourth-order valence-electron chi connectivity index (χ4n) is 5.44. The van der Waals surface area contributed by atoms with E-state index in [0.717, 1.165) is 25.8 Å². The minimum Gasteiger partial charge on any atom is -0.490 e. The summed E-state index contributed by atoms with van der Waals surface area (Å²) in [5, 5.41) is 13.1. The summed E-state index contributed by atoms with van der Waals surface area (Å²) in [7, 11) is 2.09. The summed E-state index contributed by atoms with van der Waals surface area (Å²) >= 11 is 0. The van der Waals surface area contributed by atoms with Gasteiger partial charge >= 0.3 is 0 Å². The second-order valence-electron chi connectivity index (χ2n) is 11.9. The Morgan fingerprint density at radius 3 is 2.59 bits per heavy atom. The first-order chi connectivity index (χ1) is 21.2. The normalized spacial score (nSPS) is 20.7. The van der Waals surface area contributed by atoms with Crippen LogP contribution in [-0.2, 0) is 11.3 Å². The van der Waals surface area contributed by atoms with Gasteiger partial charge in [0, 0.05) is 55.8 Å². The van der Waals surface area contributed by atoms with Gasteiger partial charge in [-0.05, 0) is 76.1 Å². The monoisotopic (exact) mass is 602 g/mol. The minimum atomic E-state index is -0.444. The van der Waals surface area contributed by atoms with Crippen LogP contribution in [-0.4, -0.2) is 83.3 Å². The maximum atomic E-state index is 14.3. The molecule has 44 heavy (non-hydrogen) atoms. The molecule has 0 unspecified atom stereocenters. The van der Waals surface area contributed by atoms with Gasteiger partial charge < -0.3 is 24.8 Å². The van der Waals surface area contributed by atoms with Crippen LogP contribution in [0.4, 0.5) is 5.69 Å². The van der Waals surface area contributed by atoms with E-state index in [2.05, 4.69) is 41.3 Å². The summed E-state index contributed by atoms with van der Waals surface area (Å²) in [6.45, 7) is 8.24. The summed E-state index contributed by atoms with van der Waals surface area (Å²) in [6.07, 6.45) is 5.51. The number of carbonyl (C=O) groups is 2. The molecule has 0 saturated carbocycles. The van der Waals surface area contributed by atoms with E-state index in [9.17, 15) is 14.7 Å². The van der Waals surface area contributed by atoms with E-state index in [1.807, 2.05) is 32.0 Å². The van der Waals surface area contributed by atoms with Crippen LogP contribution in [0.3, 0.4) is 0 Å². The number of hydrogen-bond acceptors (Lipinski definition) is 7. The topological polar surface area (TPSA) is 104 Å². The molecule has 4 atom stereocenters. The standard InChI is InChI=1S/C35H46N4O5/c1-25-21-39(26(2)24-40)35(42)31-20-30(37-34(41)29-15-17-36-18-16-29)13-14-32(31)44-27(3)10-8-9-19-43-33(25)23-38(4)22-28-11-6-5-7-12-28/h5-7,11-18,20,25-27,33,40H,8-10,19,21-24H2,1-4H3,(H,37,41)/t25-,26-,27+,33+/m0/s1. The highest BCUT2D eigenvalue weighted by Crippen LogP contribution is 2.29.